The number of piperidine rings is 1. The lowest BCUT2D eigenvalue weighted by Crippen LogP contribution is -2.39. The molecule has 0 aliphatic carbocycles. The summed E-state index contributed by atoms with van der Waals surface area (Å²) in [6.07, 6.45) is 2.83. The predicted octanol–water partition coefficient (Wildman–Crippen LogP) is 1.96. The van der Waals surface area contributed by atoms with E-state index in [-0.39, 0.29) is 5.91 Å². The van der Waals surface area contributed by atoms with Gasteiger partial charge in [0.15, 0.2) is 5.76 Å². The summed E-state index contributed by atoms with van der Waals surface area (Å²) in [5, 5.41) is 0. The first kappa shape index (κ1) is 13.1. The SMILES string of the molecule is CCc1oc(C(=O)N2CCC(CN)CC2)cc1C. The summed E-state index contributed by atoms with van der Waals surface area (Å²) in [6.45, 7) is 6.33. The van der Waals surface area contributed by atoms with Crippen LogP contribution in [0.5, 0.6) is 0 Å². The molecule has 4 heteroatoms. The van der Waals surface area contributed by atoms with Gasteiger partial charge in [0.1, 0.15) is 5.76 Å². The summed E-state index contributed by atoms with van der Waals surface area (Å²) >= 11 is 0. The summed E-state index contributed by atoms with van der Waals surface area (Å²) in [5.41, 5.74) is 6.72. The molecular weight excluding hydrogens is 228 g/mol. The maximum atomic E-state index is 12.3. The van der Waals surface area contributed by atoms with Gasteiger partial charge in [-0.05, 0) is 43.9 Å². The van der Waals surface area contributed by atoms with Crippen LogP contribution in [0.4, 0.5) is 0 Å². The van der Waals surface area contributed by atoms with Crippen molar-refractivity contribution in [1.29, 1.82) is 0 Å². The largest absolute Gasteiger partial charge is 0.456 e. The van der Waals surface area contributed by atoms with Crippen LogP contribution in [0.1, 0.15) is 41.6 Å². The second-order valence-electron chi connectivity index (χ2n) is 5.04. The lowest BCUT2D eigenvalue weighted by atomic mass is 9.97. The van der Waals surface area contributed by atoms with Gasteiger partial charge in [-0.3, -0.25) is 4.79 Å². The van der Waals surface area contributed by atoms with E-state index in [4.69, 9.17) is 10.2 Å². The van der Waals surface area contributed by atoms with Gasteiger partial charge in [0.25, 0.3) is 5.91 Å². The molecule has 2 heterocycles. The lowest BCUT2D eigenvalue weighted by Gasteiger charge is -2.30. The highest BCUT2D eigenvalue weighted by Gasteiger charge is 2.25. The van der Waals surface area contributed by atoms with Gasteiger partial charge in [-0.2, -0.15) is 0 Å². The third-order valence-corrected chi connectivity index (χ3v) is 3.79. The van der Waals surface area contributed by atoms with E-state index in [2.05, 4.69) is 0 Å². The highest BCUT2D eigenvalue weighted by molar-refractivity contribution is 5.91. The Hall–Kier alpha value is -1.29. The van der Waals surface area contributed by atoms with E-state index in [0.29, 0.717) is 11.7 Å². The molecule has 0 spiro atoms. The Kier molecular flexibility index (Phi) is 4.07. The Labute approximate surface area is 108 Å². The van der Waals surface area contributed by atoms with Crippen LogP contribution in [0, 0.1) is 12.8 Å². The van der Waals surface area contributed by atoms with Gasteiger partial charge in [0.2, 0.25) is 0 Å². The molecule has 4 nitrogen and oxygen atoms in total. The highest BCUT2D eigenvalue weighted by Crippen LogP contribution is 2.21. The van der Waals surface area contributed by atoms with Gasteiger partial charge >= 0.3 is 0 Å². The summed E-state index contributed by atoms with van der Waals surface area (Å²) in [4.78, 5) is 14.2. The van der Waals surface area contributed by atoms with Crippen molar-refractivity contribution in [3.05, 3.63) is 23.2 Å². The number of carbonyl (C=O) groups excluding carboxylic acids is 1. The van der Waals surface area contributed by atoms with Crippen molar-refractivity contribution in [3.8, 4) is 0 Å². The van der Waals surface area contributed by atoms with Gasteiger partial charge in [0, 0.05) is 19.5 Å². The topological polar surface area (TPSA) is 59.5 Å². The third kappa shape index (κ3) is 2.58. The monoisotopic (exact) mass is 250 g/mol. The Morgan fingerprint density at radius 2 is 2.17 bits per heavy atom. The Bertz CT molecular complexity index is 417. The zero-order valence-corrected chi connectivity index (χ0v) is 11.2. The molecule has 1 fully saturated rings. The molecule has 0 aromatic carbocycles. The summed E-state index contributed by atoms with van der Waals surface area (Å²) < 4.78 is 5.62. The number of likely N-dealkylation sites (tertiary alicyclic amines) is 1. The van der Waals surface area contributed by atoms with Gasteiger partial charge in [-0.25, -0.2) is 0 Å². The second-order valence-corrected chi connectivity index (χ2v) is 5.04. The van der Waals surface area contributed by atoms with E-state index in [1.54, 1.807) is 0 Å². The Morgan fingerprint density at radius 3 is 2.67 bits per heavy atom. The van der Waals surface area contributed by atoms with Crippen molar-refractivity contribution in [3.63, 3.8) is 0 Å². The average molecular weight is 250 g/mol. The number of carbonyl (C=O) groups is 1. The van der Waals surface area contributed by atoms with Crippen LogP contribution >= 0.6 is 0 Å². The van der Waals surface area contributed by atoms with Crippen LogP contribution in [0.2, 0.25) is 0 Å². The molecule has 2 N–H and O–H groups in total. The zero-order valence-electron chi connectivity index (χ0n) is 11.2. The molecular formula is C14H22N2O2. The molecule has 1 saturated heterocycles. The number of nitrogens with zero attached hydrogens (tertiary/aromatic N) is 1. The summed E-state index contributed by atoms with van der Waals surface area (Å²) in [7, 11) is 0. The van der Waals surface area contributed by atoms with Crippen LogP contribution in [0.15, 0.2) is 10.5 Å². The van der Waals surface area contributed by atoms with E-state index in [0.717, 1.165) is 50.2 Å². The first-order valence-corrected chi connectivity index (χ1v) is 6.74. The van der Waals surface area contributed by atoms with Crippen LogP contribution < -0.4 is 5.73 Å². The average Bonchev–Trinajstić information content (AvgIpc) is 2.79. The maximum Gasteiger partial charge on any atom is 0.289 e. The minimum Gasteiger partial charge on any atom is -0.456 e. The third-order valence-electron chi connectivity index (χ3n) is 3.79. The Morgan fingerprint density at radius 1 is 1.50 bits per heavy atom. The normalized spacial score (nSPS) is 17.2. The van der Waals surface area contributed by atoms with Crippen molar-refractivity contribution in [2.24, 2.45) is 11.7 Å². The minimum absolute atomic E-state index is 0.0215. The van der Waals surface area contributed by atoms with Crippen LogP contribution in [-0.2, 0) is 6.42 Å². The van der Waals surface area contributed by atoms with Gasteiger partial charge < -0.3 is 15.1 Å². The van der Waals surface area contributed by atoms with Gasteiger partial charge in [-0.1, -0.05) is 6.92 Å². The molecule has 1 aliphatic heterocycles. The van der Waals surface area contributed by atoms with Crippen molar-refractivity contribution in [2.75, 3.05) is 19.6 Å². The summed E-state index contributed by atoms with van der Waals surface area (Å²) in [6, 6.07) is 1.86. The number of furan rings is 1. The lowest BCUT2D eigenvalue weighted by molar-refractivity contribution is 0.0659. The van der Waals surface area contributed by atoms with E-state index < -0.39 is 0 Å². The maximum absolute atomic E-state index is 12.3. The highest BCUT2D eigenvalue weighted by atomic mass is 16.4. The number of hydrogen-bond acceptors (Lipinski definition) is 3. The first-order chi connectivity index (χ1) is 8.65. The molecule has 0 unspecified atom stereocenters. The molecule has 0 saturated carbocycles. The molecule has 1 aromatic heterocycles. The van der Waals surface area contributed by atoms with E-state index >= 15 is 0 Å². The standard InChI is InChI=1S/C14H22N2O2/c1-3-12-10(2)8-13(18-12)14(17)16-6-4-11(9-15)5-7-16/h8,11H,3-7,9,15H2,1-2H3. The van der Waals surface area contributed by atoms with Crippen LogP contribution in [0.3, 0.4) is 0 Å². The zero-order chi connectivity index (χ0) is 13.1. The van der Waals surface area contributed by atoms with Crippen molar-refractivity contribution < 1.29 is 9.21 Å². The van der Waals surface area contributed by atoms with Gasteiger partial charge in [0.05, 0.1) is 0 Å². The number of rotatable bonds is 3. The fourth-order valence-electron chi connectivity index (χ4n) is 2.50. The quantitative estimate of drug-likeness (QED) is 0.892. The van der Waals surface area contributed by atoms with E-state index in [1.807, 2.05) is 24.8 Å². The molecule has 0 atom stereocenters. The Balaban J connectivity index is 2.03. The van der Waals surface area contributed by atoms with E-state index in [1.165, 1.54) is 0 Å². The molecule has 0 radical (unpaired) electrons. The molecule has 1 aromatic rings. The molecule has 2 rings (SSSR count). The van der Waals surface area contributed by atoms with Crippen molar-refractivity contribution in [2.45, 2.75) is 33.1 Å². The van der Waals surface area contributed by atoms with Crippen LogP contribution in [0.25, 0.3) is 0 Å². The minimum atomic E-state index is 0.0215. The fraction of sp³-hybridized carbons (Fsp3) is 0.643. The van der Waals surface area contributed by atoms with Crippen molar-refractivity contribution in [1.82, 2.24) is 4.90 Å². The smallest absolute Gasteiger partial charge is 0.289 e. The molecule has 18 heavy (non-hydrogen) atoms. The number of nitrogens with two attached hydrogens (primary N) is 1. The fourth-order valence-corrected chi connectivity index (χ4v) is 2.50. The first-order valence-electron chi connectivity index (χ1n) is 6.74. The molecule has 1 amide bonds. The van der Waals surface area contributed by atoms with Crippen LogP contribution in [-0.4, -0.2) is 30.4 Å². The van der Waals surface area contributed by atoms with Crippen molar-refractivity contribution >= 4 is 5.91 Å². The van der Waals surface area contributed by atoms with Gasteiger partial charge in [-0.15, -0.1) is 0 Å². The summed E-state index contributed by atoms with van der Waals surface area (Å²) in [5.74, 6) is 1.98. The second kappa shape index (κ2) is 5.57. The predicted molar refractivity (Wildman–Crippen MR) is 70.5 cm³/mol. The molecule has 1 aliphatic rings. The number of hydrogen-bond donors (Lipinski definition) is 1. The molecule has 0 bridgehead atoms. The molecule has 100 valence electrons. The number of aryl methyl sites for hydroxylation is 2. The number of amides is 1. The van der Waals surface area contributed by atoms with E-state index in [9.17, 15) is 4.79 Å².